The van der Waals surface area contributed by atoms with Crippen LogP contribution in [0.15, 0.2) is 22.7 Å². The Labute approximate surface area is 126 Å². The van der Waals surface area contributed by atoms with Crippen molar-refractivity contribution < 1.29 is 9.66 Å². The first-order valence-electron chi connectivity index (χ1n) is 5.97. The topological polar surface area (TPSA) is 64.4 Å². The summed E-state index contributed by atoms with van der Waals surface area (Å²) in [4.78, 5) is 10.2. The van der Waals surface area contributed by atoms with Gasteiger partial charge in [0.05, 0.1) is 9.40 Å². The maximum absolute atomic E-state index is 10.6. The second kappa shape index (κ2) is 7.67. The van der Waals surface area contributed by atoms with Gasteiger partial charge in [0.1, 0.15) is 12.4 Å². The molecule has 5 nitrogen and oxygen atoms in total. The summed E-state index contributed by atoms with van der Waals surface area (Å²) in [5, 5.41) is 14.0. The summed E-state index contributed by atoms with van der Waals surface area (Å²) < 4.78 is 6.30. The molecule has 1 aromatic rings. The third-order valence-electron chi connectivity index (χ3n) is 2.98. The van der Waals surface area contributed by atoms with E-state index in [0.29, 0.717) is 22.9 Å². The molecule has 0 radical (unpaired) electrons. The van der Waals surface area contributed by atoms with E-state index in [0.717, 1.165) is 13.0 Å². The Bertz CT molecular complexity index is 439. The molecule has 1 saturated heterocycles. The Kier molecular flexibility index (Phi) is 6.54. The van der Waals surface area contributed by atoms with Crippen LogP contribution in [0.25, 0.3) is 0 Å². The number of rotatable bonds is 4. The molecule has 106 valence electrons. The fourth-order valence-corrected chi connectivity index (χ4v) is 2.46. The van der Waals surface area contributed by atoms with Gasteiger partial charge in [0.25, 0.3) is 5.69 Å². The van der Waals surface area contributed by atoms with Gasteiger partial charge in [-0.1, -0.05) is 6.42 Å². The highest BCUT2D eigenvalue weighted by molar-refractivity contribution is 9.10. The number of benzene rings is 1. The highest BCUT2D eigenvalue weighted by Crippen LogP contribution is 2.29. The standard InChI is InChI=1S/C12H15BrN2O3.ClH/c13-11-7-10(15(16)17)4-5-12(11)18-8-9-3-1-2-6-14-9;/h4-5,7,9,14H,1-3,6,8H2;1H/t9-;/m0./s1. The van der Waals surface area contributed by atoms with Crippen LogP contribution in [0.5, 0.6) is 5.75 Å². The number of non-ortho nitro benzene ring substituents is 1. The van der Waals surface area contributed by atoms with Crippen LogP contribution in [0.1, 0.15) is 19.3 Å². The van der Waals surface area contributed by atoms with Crippen LogP contribution in [-0.4, -0.2) is 24.1 Å². The summed E-state index contributed by atoms with van der Waals surface area (Å²) in [5.41, 5.74) is 0.0602. The number of piperidine rings is 1. The van der Waals surface area contributed by atoms with E-state index < -0.39 is 4.92 Å². The van der Waals surface area contributed by atoms with Crippen LogP contribution in [0, 0.1) is 10.1 Å². The summed E-state index contributed by atoms with van der Waals surface area (Å²) >= 11 is 3.29. The van der Waals surface area contributed by atoms with Crippen molar-refractivity contribution in [3.63, 3.8) is 0 Å². The molecule has 1 heterocycles. The lowest BCUT2D eigenvalue weighted by atomic mass is 10.1. The number of nitro benzene ring substituents is 1. The maximum Gasteiger partial charge on any atom is 0.270 e. The molecule has 0 saturated carbocycles. The second-order valence-corrected chi connectivity index (χ2v) is 5.18. The molecular formula is C12H16BrClN2O3. The fraction of sp³-hybridized carbons (Fsp3) is 0.500. The van der Waals surface area contributed by atoms with Crippen LogP contribution in [-0.2, 0) is 0 Å². The normalized spacial score (nSPS) is 18.5. The molecule has 0 aliphatic carbocycles. The highest BCUT2D eigenvalue weighted by Gasteiger charge is 2.15. The lowest BCUT2D eigenvalue weighted by molar-refractivity contribution is -0.385. The number of halogens is 2. The maximum atomic E-state index is 10.6. The smallest absolute Gasteiger partial charge is 0.270 e. The van der Waals surface area contributed by atoms with Gasteiger partial charge in [-0.25, -0.2) is 0 Å². The molecule has 2 rings (SSSR count). The van der Waals surface area contributed by atoms with E-state index in [4.69, 9.17) is 4.74 Å². The Morgan fingerprint density at radius 2 is 2.26 bits per heavy atom. The molecule has 1 aliphatic heterocycles. The fourth-order valence-electron chi connectivity index (χ4n) is 1.98. The molecule has 19 heavy (non-hydrogen) atoms. The Balaban J connectivity index is 0.00000180. The quantitative estimate of drug-likeness (QED) is 0.668. The van der Waals surface area contributed by atoms with Gasteiger partial charge in [0, 0.05) is 18.2 Å². The average Bonchev–Trinajstić information content (AvgIpc) is 2.38. The van der Waals surface area contributed by atoms with Crippen molar-refractivity contribution in [2.75, 3.05) is 13.2 Å². The van der Waals surface area contributed by atoms with Gasteiger partial charge >= 0.3 is 0 Å². The first-order chi connectivity index (χ1) is 8.66. The monoisotopic (exact) mass is 350 g/mol. The number of hydrogen-bond donors (Lipinski definition) is 1. The number of nitrogens with zero attached hydrogens (tertiary/aromatic N) is 1. The molecule has 0 spiro atoms. The van der Waals surface area contributed by atoms with Gasteiger partial charge in [-0.05, 0) is 41.4 Å². The van der Waals surface area contributed by atoms with E-state index >= 15 is 0 Å². The lowest BCUT2D eigenvalue weighted by Crippen LogP contribution is -2.38. The Hall–Kier alpha value is -0.850. The van der Waals surface area contributed by atoms with E-state index in [-0.39, 0.29) is 18.1 Å². The van der Waals surface area contributed by atoms with Gasteiger partial charge < -0.3 is 10.1 Å². The zero-order chi connectivity index (χ0) is 13.0. The minimum absolute atomic E-state index is 0. The van der Waals surface area contributed by atoms with Gasteiger partial charge in [0.2, 0.25) is 0 Å². The molecule has 0 bridgehead atoms. The van der Waals surface area contributed by atoms with Crippen molar-refractivity contribution in [1.82, 2.24) is 5.32 Å². The van der Waals surface area contributed by atoms with E-state index in [1.807, 2.05) is 0 Å². The second-order valence-electron chi connectivity index (χ2n) is 4.33. The van der Waals surface area contributed by atoms with Crippen molar-refractivity contribution in [2.45, 2.75) is 25.3 Å². The minimum Gasteiger partial charge on any atom is -0.491 e. The summed E-state index contributed by atoms with van der Waals surface area (Å²) in [6, 6.07) is 4.92. The predicted octanol–water partition coefficient (Wildman–Crippen LogP) is 3.30. The summed E-state index contributed by atoms with van der Waals surface area (Å²) in [5.74, 6) is 0.646. The van der Waals surface area contributed by atoms with Gasteiger partial charge in [-0.2, -0.15) is 0 Å². The summed E-state index contributed by atoms with van der Waals surface area (Å²) in [6.07, 6.45) is 3.56. The van der Waals surface area contributed by atoms with Gasteiger partial charge in [-0.15, -0.1) is 12.4 Å². The van der Waals surface area contributed by atoms with E-state index in [9.17, 15) is 10.1 Å². The summed E-state index contributed by atoms with van der Waals surface area (Å²) in [6.45, 7) is 1.63. The Morgan fingerprint density at radius 3 is 2.84 bits per heavy atom. The first kappa shape index (κ1) is 16.2. The van der Waals surface area contributed by atoms with Crippen LogP contribution >= 0.6 is 28.3 Å². The van der Waals surface area contributed by atoms with E-state index in [1.54, 1.807) is 6.07 Å². The number of hydrogen-bond acceptors (Lipinski definition) is 4. The average molecular weight is 352 g/mol. The van der Waals surface area contributed by atoms with Crippen molar-refractivity contribution in [3.8, 4) is 5.75 Å². The molecular weight excluding hydrogens is 335 g/mol. The minimum atomic E-state index is -0.419. The van der Waals surface area contributed by atoms with Gasteiger partial charge in [0.15, 0.2) is 0 Å². The Morgan fingerprint density at radius 1 is 1.47 bits per heavy atom. The first-order valence-corrected chi connectivity index (χ1v) is 6.76. The third-order valence-corrected chi connectivity index (χ3v) is 3.60. The molecule has 1 fully saturated rings. The molecule has 7 heteroatoms. The molecule has 0 unspecified atom stereocenters. The predicted molar refractivity (Wildman–Crippen MR) is 79.2 cm³/mol. The number of nitrogens with one attached hydrogen (secondary N) is 1. The van der Waals surface area contributed by atoms with Crippen LogP contribution in [0.2, 0.25) is 0 Å². The van der Waals surface area contributed by atoms with Crippen molar-refractivity contribution >= 4 is 34.0 Å². The molecule has 0 amide bonds. The SMILES string of the molecule is Cl.O=[N+]([O-])c1ccc(OC[C@@H]2CCCCN2)c(Br)c1. The van der Waals surface area contributed by atoms with Crippen molar-refractivity contribution in [3.05, 3.63) is 32.8 Å². The largest absolute Gasteiger partial charge is 0.491 e. The van der Waals surface area contributed by atoms with E-state index in [1.165, 1.54) is 25.0 Å². The zero-order valence-corrected chi connectivity index (χ0v) is 12.7. The highest BCUT2D eigenvalue weighted by atomic mass is 79.9. The molecule has 1 N–H and O–H groups in total. The van der Waals surface area contributed by atoms with Crippen molar-refractivity contribution in [2.24, 2.45) is 0 Å². The lowest BCUT2D eigenvalue weighted by Gasteiger charge is -2.23. The molecule has 1 atom stereocenters. The third kappa shape index (κ3) is 4.63. The van der Waals surface area contributed by atoms with E-state index in [2.05, 4.69) is 21.2 Å². The van der Waals surface area contributed by atoms with Crippen LogP contribution in [0.3, 0.4) is 0 Å². The van der Waals surface area contributed by atoms with Crippen LogP contribution in [0.4, 0.5) is 5.69 Å². The number of nitro groups is 1. The van der Waals surface area contributed by atoms with Crippen LogP contribution < -0.4 is 10.1 Å². The van der Waals surface area contributed by atoms with Gasteiger partial charge in [-0.3, -0.25) is 10.1 Å². The number of ether oxygens (including phenoxy) is 1. The molecule has 1 aromatic carbocycles. The molecule has 1 aliphatic rings. The van der Waals surface area contributed by atoms with Crippen molar-refractivity contribution in [1.29, 1.82) is 0 Å². The molecule has 0 aromatic heterocycles. The summed E-state index contributed by atoms with van der Waals surface area (Å²) in [7, 11) is 0. The zero-order valence-electron chi connectivity index (χ0n) is 10.3.